The van der Waals surface area contributed by atoms with Crippen molar-refractivity contribution in [1.29, 1.82) is 0 Å². The van der Waals surface area contributed by atoms with Crippen molar-refractivity contribution >= 4 is 0 Å². The molecule has 1 heterocycles. The average molecular weight is 160 g/mol. The lowest BCUT2D eigenvalue weighted by Crippen LogP contribution is -2.39. The monoisotopic (exact) mass is 160 g/mol. The van der Waals surface area contributed by atoms with Gasteiger partial charge in [-0.05, 0) is 12.8 Å². The number of aliphatic hydroxyl groups excluding tert-OH is 1. The van der Waals surface area contributed by atoms with E-state index in [1.54, 1.807) is 7.11 Å². The molecule has 1 rings (SSSR count). The standard InChI is InChI=1S/C8H16O3/c1-10-6-8(5-9)3-2-4-11-7-8/h9H,2-7H2,1H3. The number of hydrogen-bond donors (Lipinski definition) is 1. The lowest BCUT2D eigenvalue weighted by molar-refractivity contribution is -0.0748. The minimum absolute atomic E-state index is 0.118. The van der Waals surface area contributed by atoms with E-state index in [4.69, 9.17) is 14.6 Å². The van der Waals surface area contributed by atoms with Gasteiger partial charge in [-0.2, -0.15) is 0 Å². The Morgan fingerprint density at radius 3 is 2.91 bits per heavy atom. The lowest BCUT2D eigenvalue weighted by Gasteiger charge is -2.34. The van der Waals surface area contributed by atoms with Gasteiger partial charge in [0.1, 0.15) is 0 Å². The Morgan fingerprint density at radius 2 is 2.45 bits per heavy atom. The molecule has 0 aromatic carbocycles. The molecule has 1 unspecified atom stereocenters. The summed E-state index contributed by atoms with van der Waals surface area (Å²) >= 11 is 0. The molecule has 0 spiro atoms. The molecule has 11 heavy (non-hydrogen) atoms. The van der Waals surface area contributed by atoms with Crippen molar-refractivity contribution in [2.45, 2.75) is 12.8 Å². The number of methoxy groups -OCH3 is 1. The van der Waals surface area contributed by atoms with Gasteiger partial charge in [0.05, 0.1) is 19.8 Å². The van der Waals surface area contributed by atoms with Gasteiger partial charge >= 0.3 is 0 Å². The van der Waals surface area contributed by atoms with Crippen LogP contribution in [0.3, 0.4) is 0 Å². The van der Waals surface area contributed by atoms with Gasteiger partial charge in [0.15, 0.2) is 0 Å². The van der Waals surface area contributed by atoms with Crippen LogP contribution in [0.1, 0.15) is 12.8 Å². The summed E-state index contributed by atoms with van der Waals surface area (Å²) in [6.45, 7) is 2.23. The van der Waals surface area contributed by atoms with Crippen molar-refractivity contribution in [3.63, 3.8) is 0 Å². The van der Waals surface area contributed by atoms with Gasteiger partial charge in [0, 0.05) is 19.1 Å². The van der Waals surface area contributed by atoms with E-state index in [-0.39, 0.29) is 12.0 Å². The lowest BCUT2D eigenvalue weighted by atomic mass is 9.84. The first-order valence-corrected chi connectivity index (χ1v) is 4.00. The molecule has 0 saturated carbocycles. The Hall–Kier alpha value is -0.120. The summed E-state index contributed by atoms with van der Waals surface area (Å²) in [6, 6.07) is 0. The zero-order valence-electron chi connectivity index (χ0n) is 7.01. The predicted octanol–water partition coefficient (Wildman–Crippen LogP) is 0.422. The quantitative estimate of drug-likeness (QED) is 0.650. The van der Waals surface area contributed by atoms with Gasteiger partial charge in [-0.15, -0.1) is 0 Å². The minimum atomic E-state index is -0.118. The molecule has 66 valence electrons. The maximum atomic E-state index is 9.11. The first-order chi connectivity index (χ1) is 5.33. The normalized spacial score (nSPS) is 32.2. The van der Waals surface area contributed by atoms with Crippen molar-refractivity contribution in [3.8, 4) is 0 Å². The molecule has 3 heteroatoms. The molecule has 3 nitrogen and oxygen atoms in total. The second-order valence-corrected chi connectivity index (χ2v) is 3.25. The highest BCUT2D eigenvalue weighted by molar-refractivity contribution is 4.80. The molecule has 1 saturated heterocycles. The predicted molar refractivity (Wildman–Crippen MR) is 41.4 cm³/mol. The fraction of sp³-hybridized carbons (Fsp3) is 1.00. The molecule has 0 aliphatic carbocycles. The van der Waals surface area contributed by atoms with Crippen LogP contribution in [0.15, 0.2) is 0 Å². The Morgan fingerprint density at radius 1 is 1.64 bits per heavy atom. The molecule has 1 aliphatic heterocycles. The molecule has 0 radical (unpaired) electrons. The smallest absolute Gasteiger partial charge is 0.0566 e. The summed E-state index contributed by atoms with van der Waals surface area (Å²) in [7, 11) is 1.66. The fourth-order valence-corrected chi connectivity index (χ4v) is 1.50. The number of hydrogen-bond acceptors (Lipinski definition) is 3. The Balaban J connectivity index is 2.42. The molecule has 1 N–H and O–H groups in total. The fourth-order valence-electron chi connectivity index (χ4n) is 1.50. The van der Waals surface area contributed by atoms with Gasteiger partial charge in [-0.3, -0.25) is 0 Å². The van der Waals surface area contributed by atoms with E-state index in [0.29, 0.717) is 13.2 Å². The largest absolute Gasteiger partial charge is 0.396 e. The van der Waals surface area contributed by atoms with E-state index < -0.39 is 0 Å². The third-order valence-corrected chi connectivity index (χ3v) is 2.19. The molecular weight excluding hydrogens is 144 g/mol. The van der Waals surface area contributed by atoms with Crippen LogP contribution in [0, 0.1) is 5.41 Å². The van der Waals surface area contributed by atoms with E-state index in [9.17, 15) is 0 Å². The molecule has 1 aliphatic rings. The molecule has 1 atom stereocenters. The van der Waals surface area contributed by atoms with Gasteiger partial charge in [0.25, 0.3) is 0 Å². The third kappa shape index (κ3) is 2.15. The maximum Gasteiger partial charge on any atom is 0.0566 e. The zero-order valence-corrected chi connectivity index (χ0v) is 7.01. The van der Waals surface area contributed by atoms with Crippen LogP contribution >= 0.6 is 0 Å². The molecule has 0 aromatic rings. The van der Waals surface area contributed by atoms with Crippen LogP contribution in [-0.4, -0.2) is 38.6 Å². The number of ether oxygens (including phenoxy) is 2. The van der Waals surface area contributed by atoms with Crippen LogP contribution in [0.4, 0.5) is 0 Å². The Labute approximate surface area is 67.3 Å². The SMILES string of the molecule is COCC1(CO)CCCOC1. The van der Waals surface area contributed by atoms with Gasteiger partial charge in [0.2, 0.25) is 0 Å². The van der Waals surface area contributed by atoms with Crippen molar-refractivity contribution in [2.24, 2.45) is 5.41 Å². The molecule has 0 bridgehead atoms. The molecule has 1 fully saturated rings. The van der Waals surface area contributed by atoms with Crippen LogP contribution in [0.5, 0.6) is 0 Å². The van der Waals surface area contributed by atoms with Crippen molar-refractivity contribution in [2.75, 3.05) is 33.5 Å². The average Bonchev–Trinajstić information content (AvgIpc) is 2.07. The first kappa shape index (κ1) is 8.97. The van der Waals surface area contributed by atoms with Crippen molar-refractivity contribution in [1.82, 2.24) is 0 Å². The van der Waals surface area contributed by atoms with E-state index in [1.165, 1.54) is 0 Å². The maximum absolute atomic E-state index is 9.11. The topological polar surface area (TPSA) is 38.7 Å². The van der Waals surface area contributed by atoms with Crippen LogP contribution in [-0.2, 0) is 9.47 Å². The van der Waals surface area contributed by atoms with E-state index in [1.807, 2.05) is 0 Å². The summed E-state index contributed by atoms with van der Waals surface area (Å²) in [6.07, 6.45) is 2.04. The molecular formula is C8H16O3. The highest BCUT2D eigenvalue weighted by Gasteiger charge is 2.32. The summed E-state index contributed by atoms with van der Waals surface area (Å²) < 4.78 is 10.3. The number of rotatable bonds is 3. The van der Waals surface area contributed by atoms with Crippen LogP contribution in [0.25, 0.3) is 0 Å². The van der Waals surface area contributed by atoms with Crippen molar-refractivity contribution in [3.05, 3.63) is 0 Å². The van der Waals surface area contributed by atoms with E-state index in [0.717, 1.165) is 19.4 Å². The number of aliphatic hydroxyl groups is 1. The first-order valence-electron chi connectivity index (χ1n) is 4.00. The summed E-state index contributed by atoms with van der Waals surface area (Å²) in [5.74, 6) is 0. The van der Waals surface area contributed by atoms with E-state index >= 15 is 0 Å². The van der Waals surface area contributed by atoms with Crippen LogP contribution in [0.2, 0.25) is 0 Å². The summed E-state index contributed by atoms with van der Waals surface area (Å²) in [4.78, 5) is 0. The zero-order chi connectivity index (χ0) is 8.16. The second-order valence-electron chi connectivity index (χ2n) is 3.25. The highest BCUT2D eigenvalue weighted by atomic mass is 16.5. The Bertz CT molecular complexity index is 102. The summed E-state index contributed by atoms with van der Waals surface area (Å²) in [5, 5.41) is 9.11. The third-order valence-electron chi connectivity index (χ3n) is 2.19. The van der Waals surface area contributed by atoms with Crippen molar-refractivity contribution < 1.29 is 14.6 Å². The van der Waals surface area contributed by atoms with Gasteiger partial charge < -0.3 is 14.6 Å². The van der Waals surface area contributed by atoms with Crippen LogP contribution < -0.4 is 0 Å². The van der Waals surface area contributed by atoms with E-state index in [2.05, 4.69) is 0 Å². The Kier molecular flexibility index (Phi) is 3.30. The molecule has 0 aromatic heterocycles. The molecule has 0 amide bonds. The summed E-state index contributed by atoms with van der Waals surface area (Å²) in [5.41, 5.74) is -0.118. The highest BCUT2D eigenvalue weighted by Crippen LogP contribution is 2.27. The van der Waals surface area contributed by atoms with Gasteiger partial charge in [-0.25, -0.2) is 0 Å². The van der Waals surface area contributed by atoms with Gasteiger partial charge in [-0.1, -0.05) is 0 Å². The second kappa shape index (κ2) is 4.04. The minimum Gasteiger partial charge on any atom is -0.396 e.